The molecule has 0 aromatic carbocycles. The predicted molar refractivity (Wildman–Crippen MR) is 154 cm³/mol. The Balaban J connectivity index is -0.0000000500. The van der Waals surface area contributed by atoms with E-state index in [4.69, 9.17) is 0 Å². The Hall–Kier alpha value is 1.66. The van der Waals surface area contributed by atoms with Crippen LogP contribution in [0.1, 0.15) is 27.7 Å². The summed E-state index contributed by atoms with van der Waals surface area (Å²) in [6.45, 7) is 9.91. The number of rotatable bonds is 4. The van der Waals surface area contributed by atoms with Crippen molar-refractivity contribution in [2.75, 3.05) is 26.4 Å². The van der Waals surface area contributed by atoms with Gasteiger partial charge in [-0.1, -0.05) is 50.5 Å². The van der Waals surface area contributed by atoms with Gasteiger partial charge in [0.1, 0.15) is 0 Å². The monoisotopic (exact) mass is 556 g/mol. The van der Waals surface area contributed by atoms with Crippen LogP contribution in [-0.4, -0.2) is 44.0 Å². The summed E-state index contributed by atoms with van der Waals surface area (Å²) in [6, 6.07) is 0. The van der Waals surface area contributed by atoms with Crippen LogP contribution < -0.4 is 0 Å². The van der Waals surface area contributed by atoms with E-state index >= 15 is 0 Å². The second kappa shape index (κ2) is 37.4. The molecule has 0 aromatic rings. The Kier molecular flexibility index (Phi) is 60.3. The SMILES string of the molecule is CCOC(=S)S.CCOC(=S)S.CCOC(=S)S.CCOC(=S)S.S.S. The average Bonchev–Trinajstić information content (AvgIpc) is 2.39. The highest BCUT2D eigenvalue weighted by atomic mass is 32.1. The first-order chi connectivity index (χ1) is 11.1. The maximum Gasteiger partial charge on any atom is 0.216 e. The highest BCUT2D eigenvalue weighted by molar-refractivity contribution is 8.11. The van der Waals surface area contributed by atoms with Crippen molar-refractivity contribution in [3.05, 3.63) is 0 Å². The molecule has 14 heteroatoms. The van der Waals surface area contributed by atoms with Gasteiger partial charge in [-0.3, -0.25) is 0 Å². The third-order valence-corrected chi connectivity index (χ3v) is 2.06. The van der Waals surface area contributed by atoms with Crippen LogP contribution in [0.4, 0.5) is 0 Å². The molecule has 0 aliphatic rings. The van der Waals surface area contributed by atoms with Gasteiger partial charge in [0.05, 0.1) is 26.4 Å². The predicted octanol–water partition coefficient (Wildman–Crippen LogP) is 5.18. The highest BCUT2D eigenvalue weighted by Gasteiger charge is 1.79. The van der Waals surface area contributed by atoms with Gasteiger partial charge in [-0.2, -0.15) is 27.0 Å². The molecule has 0 saturated carbocycles. The third-order valence-electron chi connectivity index (χ3n) is 1.07. The van der Waals surface area contributed by atoms with Gasteiger partial charge in [0.25, 0.3) is 0 Å². The molecule has 160 valence electrons. The van der Waals surface area contributed by atoms with E-state index in [1.807, 2.05) is 27.7 Å². The van der Waals surface area contributed by atoms with Gasteiger partial charge in [0.2, 0.25) is 17.5 Å². The largest absolute Gasteiger partial charge is 0.479 e. The highest BCUT2D eigenvalue weighted by Crippen LogP contribution is 1.85. The Labute approximate surface area is 215 Å². The number of thiocarbonyl (C=S) groups is 4. The van der Waals surface area contributed by atoms with Gasteiger partial charge >= 0.3 is 0 Å². The summed E-state index contributed by atoms with van der Waals surface area (Å²) in [4.78, 5) is 0. The number of ether oxygens (including phenoxy) is 4. The zero-order valence-electron chi connectivity index (χ0n) is 14.9. The molecule has 0 aliphatic carbocycles. The van der Waals surface area contributed by atoms with Crippen molar-refractivity contribution in [3.63, 3.8) is 0 Å². The maximum atomic E-state index is 4.64. The maximum absolute atomic E-state index is 4.64. The molecule has 26 heavy (non-hydrogen) atoms. The summed E-state index contributed by atoms with van der Waals surface area (Å²) in [5.74, 6) is 0. The number of hydrogen-bond acceptors (Lipinski definition) is 8. The molecule has 0 radical (unpaired) electrons. The molecule has 0 bridgehead atoms. The fourth-order valence-electron chi connectivity index (χ4n) is 0.494. The van der Waals surface area contributed by atoms with Gasteiger partial charge < -0.3 is 18.9 Å². The summed E-state index contributed by atoms with van der Waals surface area (Å²) in [7, 11) is 0. The topological polar surface area (TPSA) is 36.9 Å². The second-order valence-corrected chi connectivity index (χ2v) is 7.11. The molecule has 0 saturated heterocycles. The van der Waals surface area contributed by atoms with Gasteiger partial charge in [-0.15, -0.1) is 0 Å². The van der Waals surface area contributed by atoms with E-state index in [1.165, 1.54) is 0 Å². The first-order valence-corrected chi connectivity index (χ1v) is 9.93. The minimum Gasteiger partial charge on any atom is -0.479 e. The van der Waals surface area contributed by atoms with Crippen molar-refractivity contribution in [1.29, 1.82) is 0 Å². The molecule has 0 aromatic heterocycles. The van der Waals surface area contributed by atoms with Crippen LogP contribution in [0.15, 0.2) is 0 Å². The van der Waals surface area contributed by atoms with Crippen LogP contribution in [0.5, 0.6) is 0 Å². The lowest BCUT2D eigenvalue weighted by atomic mass is 10.9. The molecule has 0 heterocycles. The molecule has 0 aliphatic heterocycles. The van der Waals surface area contributed by atoms with Crippen molar-refractivity contribution in [2.24, 2.45) is 0 Å². The summed E-state index contributed by atoms with van der Waals surface area (Å²) in [5.41, 5.74) is 0. The summed E-state index contributed by atoms with van der Waals surface area (Å²) < 4.78 is 19.8. The van der Waals surface area contributed by atoms with Crippen molar-refractivity contribution in [2.45, 2.75) is 27.7 Å². The Bertz CT molecular complexity index is 278. The van der Waals surface area contributed by atoms with Crippen molar-refractivity contribution < 1.29 is 18.9 Å². The van der Waals surface area contributed by atoms with E-state index in [0.717, 1.165) is 0 Å². The number of thiol groups is 4. The minimum absolute atomic E-state index is 0. The van der Waals surface area contributed by atoms with Crippen LogP contribution >= 0.6 is 126 Å². The third kappa shape index (κ3) is 83.6. The molecule has 0 N–H and O–H groups in total. The first kappa shape index (κ1) is 41.9. The fourth-order valence-corrected chi connectivity index (χ4v) is 1.48. The molecule has 0 atom stereocenters. The van der Waals surface area contributed by atoms with Crippen LogP contribution in [0.3, 0.4) is 0 Å². The Morgan fingerprint density at radius 2 is 0.615 bits per heavy atom. The lowest BCUT2D eigenvalue weighted by Gasteiger charge is -1.92. The van der Waals surface area contributed by atoms with E-state index in [-0.39, 0.29) is 27.0 Å². The fraction of sp³-hybridized carbons (Fsp3) is 0.667. The molecule has 0 fully saturated rings. The molecule has 0 amide bonds. The van der Waals surface area contributed by atoms with Crippen LogP contribution in [-0.2, 0) is 18.9 Å². The van der Waals surface area contributed by atoms with E-state index in [1.54, 1.807) is 0 Å². The molecule has 0 spiro atoms. The summed E-state index contributed by atoms with van der Waals surface area (Å²) >= 11 is 32.5. The molecule has 0 unspecified atom stereocenters. The van der Waals surface area contributed by atoms with Crippen molar-refractivity contribution in [1.82, 2.24) is 0 Å². The van der Waals surface area contributed by atoms with Crippen molar-refractivity contribution in [3.8, 4) is 0 Å². The Morgan fingerprint density at radius 3 is 0.615 bits per heavy atom. The Morgan fingerprint density at radius 1 is 0.500 bits per heavy atom. The van der Waals surface area contributed by atoms with Crippen molar-refractivity contribution >= 4 is 144 Å². The quantitative estimate of drug-likeness (QED) is 0.279. The van der Waals surface area contributed by atoms with Gasteiger partial charge in [0.15, 0.2) is 0 Å². The van der Waals surface area contributed by atoms with E-state index in [9.17, 15) is 0 Å². The van der Waals surface area contributed by atoms with Gasteiger partial charge in [-0.25, -0.2) is 0 Å². The lowest BCUT2D eigenvalue weighted by Crippen LogP contribution is -1.89. The minimum atomic E-state index is 0. The molecule has 0 rings (SSSR count). The summed E-state index contributed by atoms with van der Waals surface area (Å²) in [5, 5.41) is 0. The number of hydrogen-bond donors (Lipinski definition) is 4. The summed E-state index contributed by atoms with van der Waals surface area (Å²) in [6.07, 6.45) is 0. The molecular weight excluding hydrogens is 529 g/mol. The molecular formula is C12H28O4S10. The van der Waals surface area contributed by atoms with E-state index < -0.39 is 0 Å². The zero-order valence-corrected chi connectivity index (χ0v) is 23.7. The van der Waals surface area contributed by atoms with E-state index in [2.05, 4.69) is 118 Å². The van der Waals surface area contributed by atoms with E-state index in [0.29, 0.717) is 44.0 Å². The first-order valence-electron chi connectivity index (χ1n) is 6.51. The second-order valence-electron chi connectivity index (χ2n) is 2.80. The normalized spacial score (nSPS) is 7.08. The van der Waals surface area contributed by atoms with Crippen LogP contribution in [0.25, 0.3) is 0 Å². The van der Waals surface area contributed by atoms with Gasteiger partial charge in [-0.05, 0) is 76.6 Å². The standard InChI is InChI=1S/4C3H6OS2.2H2S/c4*1-2-4-3(5)6;;/h4*2H2,1H3,(H,5,6);2*1H2. The van der Waals surface area contributed by atoms with Gasteiger partial charge in [0, 0.05) is 0 Å². The average molecular weight is 557 g/mol. The molecule has 4 nitrogen and oxygen atoms in total. The smallest absolute Gasteiger partial charge is 0.216 e. The zero-order chi connectivity index (χ0) is 20.0. The van der Waals surface area contributed by atoms with Crippen LogP contribution in [0.2, 0.25) is 0 Å². The lowest BCUT2D eigenvalue weighted by molar-refractivity contribution is 0.346. The van der Waals surface area contributed by atoms with Crippen LogP contribution in [0, 0.1) is 0 Å².